The molecule has 3 rings (SSSR count). The van der Waals surface area contributed by atoms with Gasteiger partial charge in [0, 0.05) is 56.2 Å². The number of rotatable bonds is 4. The van der Waals surface area contributed by atoms with Crippen LogP contribution in [0.3, 0.4) is 0 Å². The molecule has 1 N–H and O–H groups in total. The summed E-state index contributed by atoms with van der Waals surface area (Å²) in [5.41, 5.74) is 6.19. The maximum Gasteiger partial charge on any atom is 0.173 e. The number of anilines is 1. The zero-order valence-corrected chi connectivity index (χ0v) is 17.1. The minimum atomic E-state index is 0.827. The van der Waals surface area contributed by atoms with E-state index >= 15 is 0 Å². The Hall–Kier alpha value is -1.92. The lowest BCUT2D eigenvalue weighted by Crippen LogP contribution is -2.49. The second kappa shape index (κ2) is 8.18. The monoisotopic (exact) mass is 371 g/mol. The maximum atomic E-state index is 5.65. The summed E-state index contributed by atoms with van der Waals surface area (Å²) in [6.07, 6.45) is 2.01. The van der Waals surface area contributed by atoms with Crippen molar-refractivity contribution in [1.29, 1.82) is 0 Å². The third kappa shape index (κ3) is 4.24. The molecule has 0 bridgehead atoms. The average molecular weight is 372 g/mol. The van der Waals surface area contributed by atoms with E-state index in [1.807, 2.05) is 6.20 Å². The zero-order valence-electron chi connectivity index (χ0n) is 16.2. The summed E-state index contributed by atoms with van der Waals surface area (Å²) >= 11 is 5.65. The molecule has 1 aliphatic rings. The largest absolute Gasteiger partial charge is 0.346 e. The van der Waals surface area contributed by atoms with Crippen LogP contribution in [0.4, 0.5) is 5.69 Å². The number of aryl methyl sites for hydroxylation is 3. The lowest BCUT2D eigenvalue weighted by atomic mass is 10.1. The van der Waals surface area contributed by atoms with Gasteiger partial charge in [0.1, 0.15) is 0 Å². The Bertz CT molecular complexity index is 775. The molecule has 6 heteroatoms. The van der Waals surface area contributed by atoms with Gasteiger partial charge in [-0.2, -0.15) is 5.10 Å². The van der Waals surface area contributed by atoms with Gasteiger partial charge in [-0.1, -0.05) is 12.1 Å². The van der Waals surface area contributed by atoms with Crippen molar-refractivity contribution in [2.75, 3.05) is 31.5 Å². The number of hydrogen-bond donors (Lipinski definition) is 1. The van der Waals surface area contributed by atoms with Crippen molar-refractivity contribution in [3.05, 3.63) is 46.8 Å². The Balaban J connectivity index is 1.53. The van der Waals surface area contributed by atoms with Crippen LogP contribution in [-0.2, 0) is 13.1 Å². The first-order chi connectivity index (χ1) is 12.5. The van der Waals surface area contributed by atoms with Crippen LogP contribution >= 0.6 is 12.2 Å². The van der Waals surface area contributed by atoms with Crippen LogP contribution in [0.15, 0.2) is 24.4 Å². The van der Waals surface area contributed by atoms with Crippen molar-refractivity contribution < 1.29 is 0 Å². The highest BCUT2D eigenvalue weighted by Gasteiger charge is 2.20. The molecule has 0 amide bonds. The first-order valence-electron chi connectivity index (χ1n) is 9.34. The van der Waals surface area contributed by atoms with Gasteiger partial charge < -0.3 is 10.2 Å². The zero-order chi connectivity index (χ0) is 18.7. The van der Waals surface area contributed by atoms with Crippen molar-refractivity contribution in [3.63, 3.8) is 0 Å². The number of aromatic nitrogens is 2. The van der Waals surface area contributed by atoms with Gasteiger partial charge in [0.25, 0.3) is 0 Å². The molecular weight excluding hydrogens is 342 g/mol. The van der Waals surface area contributed by atoms with Gasteiger partial charge in [-0.05, 0) is 57.1 Å². The van der Waals surface area contributed by atoms with Crippen molar-refractivity contribution >= 4 is 23.0 Å². The summed E-state index contributed by atoms with van der Waals surface area (Å²) in [7, 11) is 0. The molecule has 0 spiro atoms. The second-order valence-corrected chi connectivity index (χ2v) is 7.47. The lowest BCUT2D eigenvalue weighted by Gasteiger charge is -2.36. The fraction of sp³-hybridized carbons (Fsp3) is 0.500. The van der Waals surface area contributed by atoms with Crippen LogP contribution in [0.1, 0.15) is 29.3 Å². The van der Waals surface area contributed by atoms with Crippen molar-refractivity contribution in [2.24, 2.45) is 0 Å². The number of nitrogens with zero attached hydrogens (tertiary/aromatic N) is 4. The van der Waals surface area contributed by atoms with E-state index in [-0.39, 0.29) is 0 Å². The van der Waals surface area contributed by atoms with E-state index in [2.05, 4.69) is 70.8 Å². The summed E-state index contributed by atoms with van der Waals surface area (Å²) in [5, 5.41) is 8.71. The standard InChI is InChI=1S/C20H29N5S/c1-5-25-17(4)18(13-21-25)14-23-8-10-24(11-9-23)20(26)22-19-12-15(2)6-7-16(19)3/h6-7,12-13H,5,8-11,14H2,1-4H3,(H,22,26). The number of thiocarbonyl (C=S) groups is 1. The topological polar surface area (TPSA) is 36.3 Å². The molecule has 26 heavy (non-hydrogen) atoms. The average Bonchev–Trinajstić information content (AvgIpc) is 2.98. The minimum absolute atomic E-state index is 0.827. The molecule has 0 atom stereocenters. The van der Waals surface area contributed by atoms with Crippen molar-refractivity contribution in [2.45, 2.75) is 40.8 Å². The highest BCUT2D eigenvalue weighted by molar-refractivity contribution is 7.80. The molecule has 5 nitrogen and oxygen atoms in total. The van der Waals surface area contributed by atoms with Crippen LogP contribution in [0.25, 0.3) is 0 Å². The Morgan fingerprint density at radius 3 is 2.54 bits per heavy atom. The molecule has 0 aliphatic carbocycles. The normalized spacial score (nSPS) is 15.3. The van der Waals surface area contributed by atoms with Gasteiger partial charge in [-0.15, -0.1) is 0 Å². The van der Waals surface area contributed by atoms with E-state index in [1.165, 1.54) is 22.4 Å². The maximum absolute atomic E-state index is 5.65. The summed E-state index contributed by atoms with van der Waals surface area (Å²) < 4.78 is 2.06. The van der Waals surface area contributed by atoms with Crippen LogP contribution in [0, 0.1) is 20.8 Å². The predicted octanol–water partition coefficient (Wildman–Crippen LogP) is 3.34. The van der Waals surface area contributed by atoms with Crippen molar-refractivity contribution in [1.82, 2.24) is 19.6 Å². The Labute approximate surface area is 162 Å². The van der Waals surface area contributed by atoms with E-state index in [4.69, 9.17) is 12.2 Å². The number of hydrogen-bond acceptors (Lipinski definition) is 3. The summed E-state index contributed by atoms with van der Waals surface area (Å²) in [4.78, 5) is 4.76. The lowest BCUT2D eigenvalue weighted by molar-refractivity contribution is 0.176. The Morgan fingerprint density at radius 2 is 1.88 bits per heavy atom. The van der Waals surface area contributed by atoms with Gasteiger partial charge in [0.2, 0.25) is 0 Å². The quantitative estimate of drug-likeness (QED) is 0.834. The van der Waals surface area contributed by atoms with E-state index < -0.39 is 0 Å². The molecule has 1 aromatic carbocycles. The molecule has 1 saturated heterocycles. The minimum Gasteiger partial charge on any atom is -0.346 e. The van der Waals surface area contributed by atoms with E-state index in [1.54, 1.807) is 0 Å². The molecule has 0 unspecified atom stereocenters. The van der Waals surface area contributed by atoms with Crippen LogP contribution < -0.4 is 5.32 Å². The third-order valence-electron chi connectivity index (χ3n) is 5.19. The van der Waals surface area contributed by atoms with E-state index in [0.29, 0.717) is 0 Å². The number of benzene rings is 1. The van der Waals surface area contributed by atoms with Gasteiger partial charge in [-0.3, -0.25) is 9.58 Å². The predicted molar refractivity (Wildman–Crippen MR) is 112 cm³/mol. The molecule has 140 valence electrons. The SMILES string of the molecule is CCn1ncc(CN2CCN(C(=S)Nc3cc(C)ccc3C)CC2)c1C. The third-order valence-corrected chi connectivity index (χ3v) is 5.55. The van der Waals surface area contributed by atoms with Crippen LogP contribution in [0.2, 0.25) is 0 Å². The van der Waals surface area contributed by atoms with Crippen LogP contribution in [-0.4, -0.2) is 50.9 Å². The first-order valence-corrected chi connectivity index (χ1v) is 9.75. The van der Waals surface area contributed by atoms with E-state index in [9.17, 15) is 0 Å². The highest BCUT2D eigenvalue weighted by Crippen LogP contribution is 2.18. The van der Waals surface area contributed by atoms with Gasteiger partial charge in [0.15, 0.2) is 5.11 Å². The summed E-state index contributed by atoms with van der Waals surface area (Å²) in [5.74, 6) is 0. The van der Waals surface area contributed by atoms with Crippen LogP contribution in [0.5, 0.6) is 0 Å². The first kappa shape index (κ1) is 18.9. The summed E-state index contributed by atoms with van der Waals surface area (Å²) in [6.45, 7) is 14.4. The van der Waals surface area contributed by atoms with Gasteiger partial charge in [0.05, 0.1) is 6.20 Å². The van der Waals surface area contributed by atoms with E-state index in [0.717, 1.165) is 50.1 Å². The highest BCUT2D eigenvalue weighted by atomic mass is 32.1. The molecular formula is C20H29N5S. The molecule has 2 heterocycles. The Morgan fingerprint density at radius 1 is 1.15 bits per heavy atom. The number of piperazine rings is 1. The molecule has 0 radical (unpaired) electrons. The second-order valence-electron chi connectivity index (χ2n) is 7.08. The molecule has 1 aromatic heterocycles. The van der Waals surface area contributed by atoms with Crippen molar-refractivity contribution in [3.8, 4) is 0 Å². The fourth-order valence-electron chi connectivity index (χ4n) is 3.37. The Kier molecular flexibility index (Phi) is 5.94. The molecule has 1 fully saturated rings. The summed E-state index contributed by atoms with van der Waals surface area (Å²) in [6, 6.07) is 6.42. The van der Waals surface area contributed by atoms with Gasteiger partial charge in [-0.25, -0.2) is 0 Å². The molecule has 2 aromatic rings. The fourth-order valence-corrected chi connectivity index (χ4v) is 3.67. The molecule has 1 aliphatic heterocycles. The smallest absolute Gasteiger partial charge is 0.173 e. The molecule has 0 saturated carbocycles. The number of nitrogens with one attached hydrogen (secondary N) is 1. The van der Waals surface area contributed by atoms with Gasteiger partial charge >= 0.3 is 0 Å².